The van der Waals surface area contributed by atoms with Crippen LogP contribution >= 0.6 is 23.1 Å². The van der Waals surface area contributed by atoms with Crippen LogP contribution in [0.4, 0.5) is 5.69 Å². The van der Waals surface area contributed by atoms with Crippen LogP contribution in [-0.4, -0.2) is 28.9 Å². The minimum absolute atomic E-state index is 0.0865. The zero-order valence-corrected chi connectivity index (χ0v) is 13.9. The average Bonchev–Trinajstić information content (AvgIpc) is 3.06. The van der Waals surface area contributed by atoms with Gasteiger partial charge in [0, 0.05) is 22.9 Å². The molecule has 1 atom stereocenters. The minimum atomic E-state index is -0.0865. The number of carbonyl (C=O) groups excluding carboxylic acids is 1. The van der Waals surface area contributed by atoms with Gasteiger partial charge in [0.15, 0.2) is 0 Å². The normalized spacial score (nSPS) is 15.1. The number of nitrogens with two attached hydrogens (primary N) is 1. The molecule has 112 valence electrons. The van der Waals surface area contributed by atoms with Crippen molar-refractivity contribution in [3.8, 4) is 0 Å². The lowest BCUT2D eigenvalue weighted by Gasteiger charge is -2.09. The molecule has 1 aliphatic carbocycles. The molecule has 0 saturated carbocycles. The van der Waals surface area contributed by atoms with Crippen LogP contribution in [-0.2, 0) is 12.8 Å². The summed E-state index contributed by atoms with van der Waals surface area (Å²) < 4.78 is 0. The van der Waals surface area contributed by atoms with Gasteiger partial charge in [0.25, 0.3) is 5.91 Å². The van der Waals surface area contributed by atoms with Crippen molar-refractivity contribution in [1.82, 2.24) is 10.3 Å². The Kier molecular flexibility index (Phi) is 4.08. The maximum atomic E-state index is 12.3. The van der Waals surface area contributed by atoms with E-state index in [4.69, 9.17) is 5.73 Å². The Bertz CT molecular complexity index is 696. The van der Waals surface area contributed by atoms with E-state index in [1.807, 2.05) is 6.26 Å². The summed E-state index contributed by atoms with van der Waals surface area (Å²) in [4.78, 5) is 18.5. The number of thiophene rings is 1. The van der Waals surface area contributed by atoms with Gasteiger partial charge in [0.1, 0.15) is 9.71 Å². The molecule has 1 unspecified atom stereocenters. The van der Waals surface area contributed by atoms with Gasteiger partial charge in [-0.05, 0) is 37.1 Å². The smallest absolute Gasteiger partial charge is 0.263 e. The number of hydrogen-bond acceptors (Lipinski definition) is 5. The quantitative estimate of drug-likeness (QED) is 0.908. The topological polar surface area (TPSA) is 68.0 Å². The van der Waals surface area contributed by atoms with Crippen LogP contribution in [0.25, 0.3) is 10.2 Å². The Labute approximate surface area is 132 Å². The van der Waals surface area contributed by atoms with E-state index in [9.17, 15) is 4.79 Å². The monoisotopic (exact) mass is 321 g/mol. The Hall–Kier alpha value is -1.27. The molecule has 0 spiro atoms. The van der Waals surface area contributed by atoms with Crippen molar-refractivity contribution in [3.05, 3.63) is 22.2 Å². The Morgan fingerprint density at radius 3 is 3.14 bits per heavy atom. The number of aryl methyl sites for hydroxylation is 2. The van der Waals surface area contributed by atoms with E-state index < -0.39 is 0 Å². The largest absolute Gasteiger partial charge is 0.397 e. The van der Waals surface area contributed by atoms with Crippen molar-refractivity contribution < 1.29 is 4.79 Å². The molecule has 0 radical (unpaired) electrons. The SMILES string of the molecule is CSC(C)CNC(=O)c1sc2nc3c(cc2c1N)CCC3. The molecular weight excluding hydrogens is 302 g/mol. The van der Waals surface area contributed by atoms with Gasteiger partial charge in [-0.25, -0.2) is 4.98 Å². The van der Waals surface area contributed by atoms with Crippen molar-refractivity contribution in [2.75, 3.05) is 18.5 Å². The number of anilines is 1. The third-order valence-electron chi connectivity index (χ3n) is 3.91. The van der Waals surface area contributed by atoms with E-state index in [1.54, 1.807) is 11.8 Å². The molecule has 0 fully saturated rings. The molecule has 3 rings (SSSR count). The Morgan fingerprint density at radius 1 is 1.57 bits per heavy atom. The van der Waals surface area contributed by atoms with Crippen LogP contribution in [0, 0.1) is 0 Å². The molecule has 2 aromatic heterocycles. The molecule has 1 aliphatic rings. The number of thioether (sulfide) groups is 1. The van der Waals surface area contributed by atoms with Gasteiger partial charge in [-0.15, -0.1) is 11.3 Å². The van der Waals surface area contributed by atoms with Crippen LogP contribution in [0.2, 0.25) is 0 Å². The fraction of sp³-hybridized carbons (Fsp3) is 0.467. The van der Waals surface area contributed by atoms with Gasteiger partial charge in [-0.1, -0.05) is 6.92 Å². The third kappa shape index (κ3) is 2.74. The van der Waals surface area contributed by atoms with E-state index in [-0.39, 0.29) is 5.91 Å². The van der Waals surface area contributed by atoms with Crippen molar-refractivity contribution in [1.29, 1.82) is 0 Å². The van der Waals surface area contributed by atoms with E-state index in [0.717, 1.165) is 23.1 Å². The van der Waals surface area contributed by atoms with Crippen molar-refractivity contribution in [2.45, 2.75) is 31.4 Å². The zero-order chi connectivity index (χ0) is 15.0. The van der Waals surface area contributed by atoms with Gasteiger partial charge < -0.3 is 11.1 Å². The number of rotatable bonds is 4. The summed E-state index contributed by atoms with van der Waals surface area (Å²) in [7, 11) is 0. The van der Waals surface area contributed by atoms with Crippen molar-refractivity contribution in [3.63, 3.8) is 0 Å². The lowest BCUT2D eigenvalue weighted by molar-refractivity contribution is 0.0959. The molecule has 0 bridgehead atoms. The van der Waals surface area contributed by atoms with Gasteiger partial charge in [-0.3, -0.25) is 4.79 Å². The lowest BCUT2D eigenvalue weighted by Crippen LogP contribution is -2.29. The van der Waals surface area contributed by atoms with Crippen LogP contribution in [0.3, 0.4) is 0 Å². The van der Waals surface area contributed by atoms with Crippen molar-refractivity contribution in [2.24, 2.45) is 0 Å². The molecule has 2 aromatic rings. The predicted octanol–water partition coefficient (Wildman–Crippen LogP) is 2.85. The summed E-state index contributed by atoms with van der Waals surface area (Å²) in [6, 6.07) is 2.12. The summed E-state index contributed by atoms with van der Waals surface area (Å²) >= 11 is 3.13. The lowest BCUT2D eigenvalue weighted by atomic mass is 10.1. The molecule has 1 amide bonds. The first-order chi connectivity index (χ1) is 10.1. The molecule has 4 nitrogen and oxygen atoms in total. The minimum Gasteiger partial charge on any atom is -0.397 e. The molecule has 0 aromatic carbocycles. The number of fused-ring (bicyclic) bond motifs is 2. The van der Waals surface area contributed by atoms with Crippen LogP contribution < -0.4 is 11.1 Å². The van der Waals surface area contributed by atoms with Crippen LogP contribution in [0.1, 0.15) is 34.3 Å². The summed E-state index contributed by atoms with van der Waals surface area (Å²) in [5, 5.41) is 4.28. The summed E-state index contributed by atoms with van der Waals surface area (Å²) in [5.74, 6) is -0.0865. The van der Waals surface area contributed by atoms with E-state index in [2.05, 4.69) is 23.3 Å². The van der Waals surface area contributed by atoms with E-state index in [1.165, 1.54) is 29.0 Å². The number of carbonyl (C=O) groups is 1. The van der Waals surface area contributed by atoms with Gasteiger partial charge in [-0.2, -0.15) is 11.8 Å². The standard InChI is InChI=1S/C15H19N3OS2/c1-8(20-2)7-17-14(19)13-12(16)10-6-9-4-3-5-11(9)18-15(10)21-13/h6,8H,3-5,7,16H2,1-2H3,(H,17,19). The fourth-order valence-corrected chi connectivity index (χ4v) is 3.83. The molecular formula is C15H19N3OS2. The second-order valence-corrected chi connectivity index (χ2v) is 7.68. The first-order valence-corrected chi connectivity index (χ1v) is 9.22. The van der Waals surface area contributed by atoms with Crippen LogP contribution in [0.5, 0.6) is 0 Å². The summed E-state index contributed by atoms with van der Waals surface area (Å²) in [6.45, 7) is 2.74. The molecule has 0 saturated heterocycles. The maximum Gasteiger partial charge on any atom is 0.263 e. The highest BCUT2D eigenvalue weighted by Crippen LogP contribution is 2.35. The van der Waals surface area contributed by atoms with E-state index in [0.29, 0.717) is 22.4 Å². The number of pyridine rings is 1. The molecule has 0 aliphatic heterocycles. The molecule has 2 heterocycles. The number of nitrogens with one attached hydrogen (secondary N) is 1. The van der Waals surface area contributed by atoms with Gasteiger partial charge in [0.2, 0.25) is 0 Å². The molecule has 6 heteroatoms. The highest BCUT2D eigenvalue weighted by molar-refractivity contribution is 7.99. The number of aromatic nitrogens is 1. The molecule has 21 heavy (non-hydrogen) atoms. The highest BCUT2D eigenvalue weighted by atomic mass is 32.2. The Morgan fingerprint density at radius 2 is 2.38 bits per heavy atom. The maximum absolute atomic E-state index is 12.3. The first kappa shape index (κ1) is 14.7. The second-order valence-electron chi connectivity index (χ2n) is 5.40. The third-order valence-corrected chi connectivity index (χ3v) is 5.99. The summed E-state index contributed by atoms with van der Waals surface area (Å²) in [6.07, 6.45) is 5.31. The number of amides is 1. The van der Waals surface area contributed by atoms with E-state index >= 15 is 0 Å². The number of nitrogen functional groups attached to an aromatic ring is 1. The predicted molar refractivity (Wildman–Crippen MR) is 91.4 cm³/mol. The first-order valence-electron chi connectivity index (χ1n) is 7.12. The summed E-state index contributed by atoms with van der Waals surface area (Å²) in [5.41, 5.74) is 9.21. The number of nitrogens with zero attached hydrogens (tertiary/aromatic N) is 1. The average molecular weight is 321 g/mol. The highest BCUT2D eigenvalue weighted by Gasteiger charge is 2.21. The number of hydrogen-bond donors (Lipinski definition) is 2. The Balaban J connectivity index is 1.89. The van der Waals surface area contributed by atoms with Gasteiger partial charge in [0.05, 0.1) is 5.69 Å². The second kappa shape index (κ2) is 5.85. The van der Waals surface area contributed by atoms with Gasteiger partial charge >= 0.3 is 0 Å². The molecule has 3 N–H and O–H groups in total. The zero-order valence-electron chi connectivity index (χ0n) is 12.2. The van der Waals surface area contributed by atoms with Crippen LogP contribution in [0.15, 0.2) is 6.07 Å². The fourth-order valence-electron chi connectivity index (χ4n) is 2.57. The van der Waals surface area contributed by atoms with Crippen molar-refractivity contribution >= 4 is 44.9 Å².